The molecular weight excluding hydrogens is 413 g/mol. The Morgan fingerprint density at radius 3 is 2.58 bits per heavy atom. The fourth-order valence-corrected chi connectivity index (χ4v) is 3.82. The number of carbonyl (C=O) groups is 1. The van der Waals surface area contributed by atoms with Gasteiger partial charge in [0.15, 0.2) is 0 Å². The maximum Gasteiger partial charge on any atom is 0.416 e. The van der Waals surface area contributed by atoms with Crippen molar-refractivity contribution in [1.82, 2.24) is 19.8 Å². The fourth-order valence-electron chi connectivity index (χ4n) is 3.82. The van der Waals surface area contributed by atoms with E-state index in [-0.39, 0.29) is 18.3 Å². The van der Waals surface area contributed by atoms with Crippen molar-refractivity contribution in [2.24, 2.45) is 0 Å². The van der Waals surface area contributed by atoms with Gasteiger partial charge in [0.2, 0.25) is 0 Å². The first-order valence-electron chi connectivity index (χ1n) is 9.83. The zero-order valence-electron chi connectivity index (χ0n) is 17.1. The van der Waals surface area contributed by atoms with E-state index in [9.17, 15) is 23.1 Å². The standard InChI is InChI=1S/C20H23F3N6O2/c1-10(12-3-13(20(21,22)23)5-14(24)4-12)25-18-16-8-29(9-17(16)26-11(2)27-18)19(31)28-6-15(30)7-28/h3-5,10,15,30H,6-9,24H2,1-2H3,(H,25,26,27)/t10-/m1/s1. The number of aryl methyl sites for hydroxylation is 1. The fraction of sp³-hybridized carbons (Fsp3) is 0.450. The Labute approximate surface area is 176 Å². The number of urea groups is 1. The van der Waals surface area contributed by atoms with Crippen molar-refractivity contribution in [3.05, 3.63) is 46.4 Å². The molecule has 0 spiro atoms. The Morgan fingerprint density at radius 1 is 1.23 bits per heavy atom. The van der Waals surface area contributed by atoms with Crippen LogP contribution in [0.25, 0.3) is 0 Å². The molecule has 1 saturated heterocycles. The number of nitrogens with zero attached hydrogens (tertiary/aromatic N) is 4. The number of alkyl halides is 3. The number of aliphatic hydroxyl groups is 1. The third-order valence-electron chi connectivity index (χ3n) is 5.46. The average Bonchev–Trinajstić information content (AvgIpc) is 3.08. The van der Waals surface area contributed by atoms with Crippen LogP contribution in [0.1, 0.15) is 41.2 Å². The number of β-amino-alcohol motifs (C(OH)–C–C–N with tert-alkyl or cyclic N) is 1. The molecule has 1 aromatic heterocycles. The molecule has 2 aliphatic heterocycles. The minimum Gasteiger partial charge on any atom is -0.399 e. The van der Waals surface area contributed by atoms with Gasteiger partial charge in [0, 0.05) is 11.3 Å². The lowest BCUT2D eigenvalue weighted by Crippen LogP contribution is -2.56. The van der Waals surface area contributed by atoms with Gasteiger partial charge in [-0.15, -0.1) is 0 Å². The summed E-state index contributed by atoms with van der Waals surface area (Å²) in [6.45, 7) is 4.63. The van der Waals surface area contributed by atoms with Gasteiger partial charge in [-0.3, -0.25) is 0 Å². The molecule has 31 heavy (non-hydrogen) atoms. The lowest BCUT2D eigenvalue weighted by Gasteiger charge is -2.38. The normalized spacial score (nSPS) is 17.4. The number of aliphatic hydroxyl groups excluding tert-OH is 1. The van der Waals surface area contributed by atoms with Gasteiger partial charge in [-0.1, -0.05) is 0 Å². The summed E-state index contributed by atoms with van der Waals surface area (Å²) in [4.78, 5) is 24.6. The topological polar surface area (TPSA) is 108 Å². The monoisotopic (exact) mass is 436 g/mol. The number of aromatic nitrogens is 2. The van der Waals surface area contributed by atoms with Crippen LogP contribution >= 0.6 is 0 Å². The van der Waals surface area contributed by atoms with Gasteiger partial charge >= 0.3 is 12.2 Å². The summed E-state index contributed by atoms with van der Waals surface area (Å²) >= 11 is 0. The summed E-state index contributed by atoms with van der Waals surface area (Å²) < 4.78 is 39.5. The van der Waals surface area contributed by atoms with E-state index in [4.69, 9.17) is 5.73 Å². The molecule has 166 valence electrons. The molecule has 2 aliphatic rings. The SMILES string of the molecule is Cc1nc2c(c(N[C@H](C)c3cc(N)cc(C(F)(F)F)c3)n1)CN(C(=O)N1CC(O)C1)C2. The Bertz CT molecular complexity index is 1020. The number of fused-ring (bicyclic) bond motifs is 1. The van der Waals surface area contributed by atoms with Gasteiger partial charge in [-0.25, -0.2) is 14.8 Å². The second-order valence-corrected chi connectivity index (χ2v) is 7.99. The highest BCUT2D eigenvalue weighted by molar-refractivity contribution is 5.76. The van der Waals surface area contributed by atoms with E-state index in [1.807, 2.05) is 0 Å². The second kappa shape index (κ2) is 7.56. The van der Waals surface area contributed by atoms with Gasteiger partial charge in [-0.05, 0) is 37.6 Å². The number of hydrogen-bond acceptors (Lipinski definition) is 6. The van der Waals surface area contributed by atoms with Crippen molar-refractivity contribution < 1.29 is 23.1 Å². The Balaban J connectivity index is 1.56. The second-order valence-electron chi connectivity index (χ2n) is 7.99. The highest BCUT2D eigenvalue weighted by Crippen LogP contribution is 2.34. The molecule has 0 bridgehead atoms. The van der Waals surface area contributed by atoms with E-state index >= 15 is 0 Å². The largest absolute Gasteiger partial charge is 0.416 e. The first-order valence-corrected chi connectivity index (χ1v) is 9.83. The first kappa shape index (κ1) is 21.2. The summed E-state index contributed by atoms with van der Waals surface area (Å²) in [5, 5.41) is 12.6. The van der Waals surface area contributed by atoms with E-state index in [0.717, 1.165) is 17.7 Å². The molecule has 4 rings (SSSR count). The van der Waals surface area contributed by atoms with Gasteiger partial charge in [0.05, 0.1) is 49.6 Å². The van der Waals surface area contributed by atoms with Crippen LogP contribution in [0, 0.1) is 6.92 Å². The van der Waals surface area contributed by atoms with Crippen molar-refractivity contribution in [3.63, 3.8) is 0 Å². The smallest absolute Gasteiger partial charge is 0.399 e. The number of halogens is 3. The minimum absolute atomic E-state index is 0.0241. The number of carbonyl (C=O) groups excluding carboxylic acids is 1. The molecule has 8 nitrogen and oxygen atoms in total. The molecule has 1 fully saturated rings. The summed E-state index contributed by atoms with van der Waals surface area (Å²) in [6, 6.07) is 2.75. The molecule has 2 amide bonds. The van der Waals surface area contributed by atoms with Crippen LogP contribution in [0.3, 0.4) is 0 Å². The lowest BCUT2D eigenvalue weighted by atomic mass is 10.0. The molecule has 0 radical (unpaired) electrons. The summed E-state index contributed by atoms with van der Waals surface area (Å²) in [7, 11) is 0. The number of nitrogens with one attached hydrogen (secondary N) is 1. The van der Waals surface area contributed by atoms with Gasteiger partial charge < -0.3 is 26.0 Å². The zero-order valence-corrected chi connectivity index (χ0v) is 17.1. The molecule has 1 aromatic carbocycles. The van der Waals surface area contributed by atoms with E-state index in [2.05, 4.69) is 15.3 Å². The van der Waals surface area contributed by atoms with Gasteiger partial charge in [0.1, 0.15) is 11.6 Å². The Morgan fingerprint density at radius 2 is 1.94 bits per heavy atom. The molecule has 2 aromatic rings. The van der Waals surface area contributed by atoms with Gasteiger partial charge in [-0.2, -0.15) is 13.2 Å². The number of likely N-dealkylation sites (tertiary alicyclic amines) is 1. The van der Waals surface area contributed by atoms with E-state index < -0.39 is 23.9 Å². The maximum absolute atomic E-state index is 13.2. The number of rotatable bonds is 3. The number of amides is 2. The van der Waals surface area contributed by atoms with E-state index in [0.29, 0.717) is 42.5 Å². The van der Waals surface area contributed by atoms with E-state index in [1.165, 1.54) is 6.07 Å². The van der Waals surface area contributed by atoms with Crippen LogP contribution in [0.5, 0.6) is 0 Å². The maximum atomic E-state index is 13.2. The summed E-state index contributed by atoms with van der Waals surface area (Å²) in [5.74, 6) is 0.968. The number of nitrogen functional groups attached to an aromatic ring is 1. The van der Waals surface area contributed by atoms with Gasteiger partial charge in [0.25, 0.3) is 0 Å². The van der Waals surface area contributed by atoms with Crippen LogP contribution in [0.15, 0.2) is 18.2 Å². The van der Waals surface area contributed by atoms with Crippen LogP contribution in [-0.2, 0) is 19.3 Å². The van der Waals surface area contributed by atoms with Crippen molar-refractivity contribution in [2.45, 2.75) is 45.3 Å². The van der Waals surface area contributed by atoms with Crippen molar-refractivity contribution in [3.8, 4) is 0 Å². The first-order chi connectivity index (χ1) is 14.5. The van der Waals surface area contributed by atoms with Crippen molar-refractivity contribution in [1.29, 1.82) is 0 Å². The molecule has 0 aliphatic carbocycles. The molecule has 11 heteroatoms. The summed E-state index contributed by atoms with van der Waals surface area (Å²) in [5.41, 5.74) is 6.70. The molecule has 0 saturated carbocycles. The number of anilines is 2. The van der Waals surface area contributed by atoms with Crippen LogP contribution < -0.4 is 11.1 Å². The number of nitrogens with two attached hydrogens (primary N) is 1. The number of hydrogen-bond donors (Lipinski definition) is 3. The molecule has 3 heterocycles. The zero-order chi connectivity index (χ0) is 22.5. The third-order valence-corrected chi connectivity index (χ3v) is 5.46. The molecular formula is C20H23F3N6O2. The van der Waals surface area contributed by atoms with Crippen molar-refractivity contribution >= 4 is 17.5 Å². The van der Waals surface area contributed by atoms with Crippen LogP contribution in [-0.4, -0.2) is 50.1 Å². The van der Waals surface area contributed by atoms with E-state index in [1.54, 1.807) is 23.6 Å². The highest BCUT2D eigenvalue weighted by Gasteiger charge is 2.36. The van der Waals surface area contributed by atoms with Crippen LogP contribution in [0.2, 0.25) is 0 Å². The Kier molecular flexibility index (Phi) is 5.16. The third kappa shape index (κ3) is 4.22. The molecule has 0 unspecified atom stereocenters. The quantitative estimate of drug-likeness (QED) is 0.639. The lowest BCUT2D eigenvalue weighted by molar-refractivity contribution is -0.137. The predicted octanol–water partition coefficient (Wildman–Crippen LogP) is 2.67. The summed E-state index contributed by atoms with van der Waals surface area (Å²) in [6.07, 6.45) is -4.99. The van der Waals surface area contributed by atoms with Crippen molar-refractivity contribution in [2.75, 3.05) is 24.1 Å². The number of benzene rings is 1. The predicted molar refractivity (Wildman–Crippen MR) is 107 cm³/mol. The minimum atomic E-state index is -4.50. The molecule has 4 N–H and O–H groups in total. The van der Waals surface area contributed by atoms with Crippen LogP contribution in [0.4, 0.5) is 29.5 Å². The Hall–Kier alpha value is -3.08. The highest BCUT2D eigenvalue weighted by atomic mass is 19.4. The molecule has 1 atom stereocenters. The average molecular weight is 436 g/mol.